The number of aromatic nitrogens is 3. The number of rotatable bonds is 2. The molecule has 2 heterocycles. The molecule has 0 saturated carbocycles. The van der Waals surface area contributed by atoms with Crippen LogP contribution in [0.5, 0.6) is 0 Å². The van der Waals surface area contributed by atoms with Gasteiger partial charge in [-0.3, -0.25) is 4.79 Å². The Hall–Kier alpha value is -2.99. The molecule has 2 aromatic carbocycles. The second kappa shape index (κ2) is 6.56. The average Bonchev–Trinajstić information content (AvgIpc) is 3.30. The van der Waals surface area contributed by atoms with Gasteiger partial charge in [0.2, 0.25) is 5.82 Å². The van der Waals surface area contributed by atoms with E-state index >= 15 is 0 Å². The Bertz CT molecular complexity index is 1030. The SMILES string of the molecule is Cc1nc(C(=O)N2CCOC3(CCc4ccccc43)C2)nn1-c1ccccc1. The predicted molar refractivity (Wildman–Crippen MR) is 104 cm³/mol. The lowest BCUT2D eigenvalue weighted by Crippen LogP contribution is -2.51. The molecule has 1 unspecified atom stereocenters. The number of hydrogen-bond acceptors (Lipinski definition) is 4. The molecule has 1 saturated heterocycles. The summed E-state index contributed by atoms with van der Waals surface area (Å²) in [6, 6.07) is 18.1. The Labute approximate surface area is 163 Å². The fourth-order valence-corrected chi connectivity index (χ4v) is 4.36. The van der Waals surface area contributed by atoms with E-state index in [9.17, 15) is 4.79 Å². The normalized spacial score (nSPS) is 21.1. The third kappa shape index (κ3) is 2.72. The Kier molecular flexibility index (Phi) is 4.02. The molecule has 1 atom stereocenters. The van der Waals surface area contributed by atoms with Crippen molar-refractivity contribution < 1.29 is 9.53 Å². The van der Waals surface area contributed by atoms with Gasteiger partial charge in [-0.1, -0.05) is 42.5 Å². The Morgan fingerprint density at radius 3 is 2.75 bits per heavy atom. The summed E-state index contributed by atoms with van der Waals surface area (Å²) in [6.07, 6.45) is 1.89. The van der Waals surface area contributed by atoms with Gasteiger partial charge in [-0.2, -0.15) is 0 Å². The van der Waals surface area contributed by atoms with Gasteiger partial charge < -0.3 is 9.64 Å². The van der Waals surface area contributed by atoms with Crippen LogP contribution >= 0.6 is 0 Å². The van der Waals surface area contributed by atoms with Crippen LogP contribution in [0.25, 0.3) is 5.69 Å². The van der Waals surface area contributed by atoms with Crippen LogP contribution < -0.4 is 0 Å². The maximum absolute atomic E-state index is 13.2. The molecule has 0 N–H and O–H groups in total. The van der Waals surface area contributed by atoms with Crippen molar-refractivity contribution >= 4 is 5.91 Å². The first-order valence-corrected chi connectivity index (χ1v) is 9.67. The predicted octanol–water partition coefficient (Wildman–Crippen LogP) is 2.89. The number of amides is 1. The van der Waals surface area contributed by atoms with Crippen LogP contribution in [0.1, 0.15) is 34.0 Å². The van der Waals surface area contributed by atoms with E-state index in [0.29, 0.717) is 25.5 Å². The Morgan fingerprint density at radius 2 is 1.89 bits per heavy atom. The van der Waals surface area contributed by atoms with E-state index in [1.54, 1.807) is 4.68 Å². The van der Waals surface area contributed by atoms with Crippen molar-refractivity contribution in [2.24, 2.45) is 0 Å². The van der Waals surface area contributed by atoms with Gasteiger partial charge in [0.05, 0.1) is 18.8 Å². The van der Waals surface area contributed by atoms with Crippen LogP contribution in [0.4, 0.5) is 0 Å². The molecule has 0 bridgehead atoms. The standard InChI is InChI=1S/C22H22N4O2/c1-16-23-20(24-26(16)18-8-3-2-4-9-18)21(27)25-13-14-28-22(15-25)12-11-17-7-5-6-10-19(17)22/h2-10H,11-15H2,1H3. The third-order valence-corrected chi connectivity index (χ3v) is 5.74. The van der Waals surface area contributed by atoms with Crippen molar-refractivity contribution in [1.29, 1.82) is 0 Å². The van der Waals surface area contributed by atoms with Crippen LogP contribution in [0.15, 0.2) is 54.6 Å². The first-order valence-electron chi connectivity index (χ1n) is 9.67. The number of benzene rings is 2. The third-order valence-electron chi connectivity index (χ3n) is 5.74. The molecule has 6 heteroatoms. The molecule has 6 nitrogen and oxygen atoms in total. The molecule has 28 heavy (non-hydrogen) atoms. The number of para-hydroxylation sites is 1. The second-order valence-electron chi connectivity index (χ2n) is 7.46. The van der Waals surface area contributed by atoms with E-state index < -0.39 is 5.60 Å². The molecule has 2 aliphatic rings. The first-order chi connectivity index (χ1) is 13.7. The van der Waals surface area contributed by atoms with Crippen LogP contribution in [-0.2, 0) is 16.8 Å². The largest absolute Gasteiger partial charge is 0.367 e. The molecule has 1 aromatic heterocycles. The molecule has 3 aromatic rings. The van der Waals surface area contributed by atoms with Crippen LogP contribution in [-0.4, -0.2) is 45.3 Å². The highest BCUT2D eigenvalue weighted by Crippen LogP contribution is 2.42. The van der Waals surface area contributed by atoms with Gasteiger partial charge in [-0.15, -0.1) is 5.10 Å². The van der Waals surface area contributed by atoms with Gasteiger partial charge in [0, 0.05) is 6.54 Å². The van der Waals surface area contributed by atoms with Crippen molar-refractivity contribution in [2.75, 3.05) is 19.7 Å². The summed E-state index contributed by atoms with van der Waals surface area (Å²) in [4.78, 5) is 19.5. The number of nitrogens with zero attached hydrogens (tertiary/aromatic N) is 4. The quantitative estimate of drug-likeness (QED) is 0.692. The smallest absolute Gasteiger partial charge is 0.293 e. The van der Waals surface area contributed by atoms with Crippen molar-refractivity contribution in [3.05, 3.63) is 77.4 Å². The van der Waals surface area contributed by atoms with Crippen LogP contribution in [0.2, 0.25) is 0 Å². The van der Waals surface area contributed by atoms with Crippen molar-refractivity contribution in [1.82, 2.24) is 19.7 Å². The van der Waals surface area contributed by atoms with E-state index in [1.165, 1.54) is 11.1 Å². The summed E-state index contributed by atoms with van der Waals surface area (Å²) >= 11 is 0. The molecule has 142 valence electrons. The fourth-order valence-electron chi connectivity index (χ4n) is 4.36. The monoisotopic (exact) mass is 374 g/mol. The number of carbonyl (C=O) groups excluding carboxylic acids is 1. The number of ether oxygens (including phenoxy) is 1. The van der Waals surface area contributed by atoms with Crippen molar-refractivity contribution in [3.63, 3.8) is 0 Å². The maximum Gasteiger partial charge on any atom is 0.293 e. The molecular formula is C22H22N4O2. The van der Waals surface area contributed by atoms with Crippen LogP contribution in [0, 0.1) is 6.92 Å². The van der Waals surface area contributed by atoms with Crippen molar-refractivity contribution in [2.45, 2.75) is 25.4 Å². The molecule has 0 radical (unpaired) electrons. The van der Waals surface area contributed by atoms with Gasteiger partial charge in [0.25, 0.3) is 5.91 Å². The van der Waals surface area contributed by atoms with Gasteiger partial charge in [-0.25, -0.2) is 9.67 Å². The number of hydrogen-bond donors (Lipinski definition) is 0. The molecular weight excluding hydrogens is 352 g/mol. The minimum atomic E-state index is -0.401. The zero-order valence-corrected chi connectivity index (χ0v) is 15.8. The van der Waals surface area contributed by atoms with Gasteiger partial charge in [-0.05, 0) is 43.0 Å². The summed E-state index contributed by atoms with van der Waals surface area (Å²) in [6.45, 7) is 3.49. The van der Waals surface area contributed by atoms with Crippen molar-refractivity contribution in [3.8, 4) is 5.69 Å². The minimum Gasteiger partial charge on any atom is -0.367 e. The Balaban J connectivity index is 1.42. The van der Waals surface area contributed by atoms with E-state index in [2.05, 4.69) is 28.3 Å². The number of carbonyl (C=O) groups is 1. The maximum atomic E-state index is 13.2. The molecule has 1 spiro atoms. The second-order valence-corrected chi connectivity index (χ2v) is 7.46. The summed E-state index contributed by atoms with van der Waals surface area (Å²) in [7, 11) is 0. The van der Waals surface area contributed by atoms with Gasteiger partial charge in [0.15, 0.2) is 0 Å². The van der Waals surface area contributed by atoms with E-state index in [0.717, 1.165) is 18.5 Å². The lowest BCUT2D eigenvalue weighted by molar-refractivity contribution is -0.104. The first kappa shape index (κ1) is 17.1. The Morgan fingerprint density at radius 1 is 1.11 bits per heavy atom. The lowest BCUT2D eigenvalue weighted by atomic mass is 9.93. The van der Waals surface area contributed by atoms with E-state index in [1.807, 2.05) is 48.2 Å². The molecule has 1 aliphatic heterocycles. The fraction of sp³-hybridized carbons (Fsp3) is 0.318. The van der Waals surface area contributed by atoms with Gasteiger partial charge >= 0.3 is 0 Å². The summed E-state index contributed by atoms with van der Waals surface area (Å²) in [5.74, 6) is 0.804. The van der Waals surface area contributed by atoms with E-state index in [-0.39, 0.29) is 11.7 Å². The highest BCUT2D eigenvalue weighted by atomic mass is 16.5. The minimum absolute atomic E-state index is 0.134. The van der Waals surface area contributed by atoms with Crippen LogP contribution in [0.3, 0.4) is 0 Å². The lowest BCUT2D eigenvalue weighted by Gasteiger charge is -2.40. The van der Waals surface area contributed by atoms with E-state index in [4.69, 9.17) is 4.74 Å². The number of morpholine rings is 1. The molecule has 1 amide bonds. The molecule has 1 aliphatic carbocycles. The summed E-state index contributed by atoms with van der Waals surface area (Å²) < 4.78 is 7.94. The highest BCUT2D eigenvalue weighted by molar-refractivity contribution is 5.90. The van der Waals surface area contributed by atoms with Gasteiger partial charge in [0.1, 0.15) is 11.4 Å². The molecule has 5 rings (SSSR count). The highest BCUT2D eigenvalue weighted by Gasteiger charge is 2.44. The topological polar surface area (TPSA) is 60.3 Å². The summed E-state index contributed by atoms with van der Waals surface area (Å²) in [5.41, 5.74) is 3.03. The molecule has 1 fully saturated rings. The zero-order chi connectivity index (χ0) is 19.1. The summed E-state index contributed by atoms with van der Waals surface area (Å²) in [5, 5.41) is 4.49. The number of aryl methyl sites for hydroxylation is 2. The number of fused-ring (bicyclic) bond motifs is 2. The zero-order valence-electron chi connectivity index (χ0n) is 15.8. The average molecular weight is 374 g/mol.